The summed E-state index contributed by atoms with van der Waals surface area (Å²) in [5.41, 5.74) is 1.49. The van der Waals surface area contributed by atoms with Crippen LogP contribution in [0.5, 0.6) is 5.75 Å². The van der Waals surface area contributed by atoms with Crippen LogP contribution in [0.4, 0.5) is 17.3 Å². The van der Waals surface area contributed by atoms with Crippen LogP contribution in [0.2, 0.25) is 0 Å². The van der Waals surface area contributed by atoms with Crippen molar-refractivity contribution in [3.63, 3.8) is 0 Å². The van der Waals surface area contributed by atoms with Gasteiger partial charge < -0.3 is 15.4 Å². The van der Waals surface area contributed by atoms with Gasteiger partial charge in [0.25, 0.3) is 0 Å². The van der Waals surface area contributed by atoms with Crippen molar-refractivity contribution in [3.05, 3.63) is 30.7 Å². The molecule has 2 aliphatic rings. The molecule has 3 aromatic rings. The second-order valence-corrected chi connectivity index (χ2v) is 7.13. The predicted molar refractivity (Wildman–Crippen MR) is 102 cm³/mol. The molecule has 2 heterocycles. The lowest BCUT2D eigenvalue weighted by Crippen LogP contribution is -2.12. The van der Waals surface area contributed by atoms with Gasteiger partial charge in [-0.15, -0.1) is 0 Å². The Kier molecular flexibility index (Phi) is 3.70. The number of aromatic nitrogens is 4. The minimum Gasteiger partial charge on any atom is -0.494 e. The zero-order valence-corrected chi connectivity index (χ0v) is 15.0. The fourth-order valence-electron chi connectivity index (χ4n) is 3.03. The third-order valence-electron chi connectivity index (χ3n) is 4.84. The van der Waals surface area contributed by atoms with E-state index in [1.807, 2.05) is 18.2 Å². The summed E-state index contributed by atoms with van der Waals surface area (Å²) >= 11 is 0. The molecule has 2 fully saturated rings. The summed E-state index contributed by atoms with van der Waals surface area (Å²) in [6.45, 7) is 0. The molecule has 0 unspecified atom stereocenters. The Morgan fingerprint density at radius 2 is 1.96 bits per heavy atom. The van der Waals surface area contributed by atoms with Crippen molar-refractivity contribution in [1.29, 1.82) is 0 Å². The average molecular weight is 364 g/mol. The van der Waals surface area contributed by atoms with Gasteiger partial charge in [0.15, 0.2) is 0 Å². The van der Waals surface area contributed by atoms with Crippen LogP contribution < -0.4 is 15.4 Å². The highest BCUT2D eigenvalue weighted by Gasteiger charge is 2.31. The number of carbonyl (C=O) groups excluding carboxylic acids is 1. The first kappa shape index (κ1) is 16.0. The zero-order valence-electron chi connectivity index (χ0n) is 15.0. The Labute approximate surface area is 155 Å². The van der Waals surface area contributed by atoms with Crippen molar-refractivity contribution in [2.45, 2.75) is 31.7 Å². The van der Waals surface area contributed by atoms with Crippen LogP contribution in [0.3, 0.4) is 0 Å². The van der Waals surface area contributed by atoms with Crippen LogP contribution in [-0.2, 0) is 0 Å². The molecule has 2 aromatic heterocycles. The highest BCUT2D eigenvalue weighted by molar-refractivity contribution is 5.91. The maximum absolute atomic E-state index is 12.3. The van der Waals surface area contributed by atoms with Gasteiger partial charge in [0.05, 0.1) is 18.3 Å². The van der Waals surface area contributed by atoms with Gasteiger partial charge in [0, 0.05) is 35.7 Å². The van der Waals surface area contributed by atoms with Gasteiger partial charge >= 0.3 is 0 Å². The monoisotopic (exact) mass is 364 g/mol. The average Bonchev–Trinajstić information content (AvgIpc) is 3.59. The molecule has 0 spiro atoms. The molecule has 8 nitrogen and oxygen atoms in total. The van der Waals surface area contributed by atoms with Gasteiger partial charge in [-0.3, -0.25) is 4.79 Å². The van der Waals surface area contributed by atoms with E-state index in [2.05, 4.69) is 25.7 Å². The van der Waals surface area contributed by atoms with E-state index in [-0.39, 0.29) is 11.8 Å². The fourth-order valence-corrected chi connectivity index (χ4v) is 3.03. The molecule has 0 aliphatic heterocycles. The Balaban J connectivity index is 1.45. The van der Waals surface area contributed by atoms with Crippen molar-refractivity contribution in [3.8, 4) is 5.75 Å². The molecule has 8 heteroatoms. The van der Waals surface area contributed by atoms with E-state index in [9.17, 15) is 4.79 Å². The maximum atomic E-state index is 12.3. The Hall–Kier alpha value is -3.16. The maximum Gasteiger partial charge on any atom is 0.249 e. The molecule has 0 saturated heterocycles. The number of hydrogen-bond donors (Lipinski definition) is 2. The minimum absolute atomic E-state index is 0.0614. The van der Waals surface area contributed by atoms with Crippen LogP contribution in [0.1, 0.15) is 30.5 Å². The van der Waals surface area contributed by atoms with Gasteiger partial charge in [-0.25, -0.2) is 14.6 Å². The predicted octanol–water partition coefficient (Wildman–Crippen LogP) is 3.20. The number of benzene rings is 1. The number of nitrogens with one attached hydrogen (secondary N) is 2. The van der Waals surface area contributed by atoms with E-state index in [1.165, 1.54) is 23.9 Å². The fraction of sp³-hybridized carbons (Fsp3) is 0.368. The Morgan fingerprint density at radius 3 is 2.70 bits per heavy atom. The second kappa shape index (κ2) is 6.22. The Morgan fingerprint density at radius 1 is 1.15 bits per heavy atom. The van der Waals surface area contributed by atoms with Crippen LogP contribution in [0, 0.1) is 5.92 Å². The molecular formula is C19H20N6O2. The molecule has 2 aliphatic carbocycles. The van der Waals surface area contributed by atoms with Crippen LogP contribution in [-0.4, -0.2) is 38.8 Å². The molecule has 5 rings (SSSR count). The summed E-state index contributed by atoms with van der Waals surface area (Å²) < 4.78 is 6.96. The van der Waals surface area contributed by atoms with Crippen molar-refractivity contribution in [2.24, 2.45) is 5.92 Å². The quantitative estimate of drug-likeness (QED) is 0.693. The number of anilines is 3. The smallest absolute Gasteiger partial charge is 0.249 e. The van der Waals surface area contributed by atoms with Gasteiger partial charge in [-0.2, -0.15) is 5.10 Å². The molecule has 2 N–H and O–H groups in total. The highest BCUT2D eigenvalue weighted by atomic mass is 16.5. The largest absolute Gasteiger partial charge is 0.494 e. The molecule has 1 aromatic carbocycles. The van der Waals surface area contributed by atoms with Crippen LogP contribution in [0.15, 0.2) is 30.7 Å². The third-order valence-corrected chi connectivity index (χ3v) is 4.84. The summed E-state index contributed by atoms with van der Waals surface area (Å²) in [4.78, 5) is 20.8. The van der Waals surface area contributed by atoms with Gasteiger partial charge in [-0.05, 0) is 31.7 Å². The van der Waals surface area contributed by atoms with Crippen LogP contribution >= 0.6 is 0 Å². The minimum atomic E-state index is 0.0614. The third kappa shape index (κ3) is 3.30. The molecule has 0 radical (unpaired) electrons. The second-order valence-electron chi connectivity index (χ2n) is 7.13. The number of fused-ring (bicyclic) bond motifs is 1. The van der Waals surface area contributed by atoms with Gasteiger partial charge in [-0.1, -0.05) is 0 Å². The van der Waals surface area contributed by atoms with E-state index in [0.717, 1.165) is 35.2 Å². The first-order chi connectivity index (χ1) is 13.2. The van der Waals surface area contributed by atoms with E-state index in [4.69, 9.17) is 4.74 Å². The van der Waals surface area contributed by atoms with Crippen molar-refractivity contribution in [1.82, 2.24) is 19.7 Å². The summed E-state index contributed by atoms with van der Waals surface area (Å²) in [5.74, 6) is 2.30. The SMILES string of the molecule is COc1cc2nn(C(=O)C3CC3)cc2cc1Nc1cc(NC2CC2)ncn1. The lowest BCUT2D eigenvalue weighted by molar-refractivity contribution is 0.0871. The van der Waals surface area contributed by atoms with E-state index in [1.54, 1.807) is 13.3 Å². The summed E-state index contributed by atoms with van der Waals surface area (Å²) in [5, 5.41) is 11.9. The number of rotatable bonds is 6. The summed E-state index contributed by atoms with van der Waals surface area (Å²) in [6.07, 6.45) is 7.58. The molecule has 2 saturated carbocycles. The molecular weight excluding hydrogens is 344 g/mol. The number of methoxy groups -OCH3 is 1. The molecule has 0 amide bonds. The normalized spacial score (nSPS) is 16.3. The summed E-state index contributed by atoms with van der Waals surface area (Å²) in [7, 11) is 1.61. The molecule has 138 valence electrons. The van der Waals surface area contributed by atoms with E-state index < -0.39 is 0 Å². The van der Waals surface area contributed by atoms with Gasteiger partial charge in [0.2, 0.25) is 5.91 Å². The summed E-state index contributed by atoms with van der Waals surface area (Å²) in [6, 6.07) is 6.16. The highest BCUT2D eigenvalue weighted by Crippen LogP contribution is 2.34. The topological polar surface area (TPSA) is 94.0 Å². The number of nitrogens with zero attached hydrogens (tertiary/aromatic N) is 4. The van der Waals surface area contributed by atoms with Crippen molar-refractivity contribution in [2.75, 3.05) is 17.7 Å². The first-order valence-electron chi connectivity index (χ1n) is 9.17. The van der Waals surface area contributed by atoms with Crippen molar-refractivity contribution < 1.29 is 9.53 Å². The van der Waals surface area contributed by atoms with Crippen LogP contribution in [0.25, 0.3) is 10.9 Å². The number of hydrogen-bond acceptors (Lipinski definition) is 7. The zero-order chi connectivity index (χ0) is 18.4. The Bertz CT molecular complexity index is 1020. The lowest BCUT2D eigenvalue weighted by atomic mass is 10.2. The number of ether oxygens (including phenoxy) is 1. The first-order valence-corrected chi connectivity index (χ1v) is 9.17. The van der Waals surface area contributed by atoms with E-state index >= 15 is 0 Å². The van der Waals surface area contributed by atoms with Gasteiger partial charge in [0.1, 0.15) is 23.7 Å². The van der Waals surface area contributed by atoms with E-state index in [0.29, 0.717) is 17.6 Å². The molecule has 0 atom stereocenters. The lowest BCUT2D eigenvalue weighted by Gasteiger charge is -2.11. The number of carbonyl (C=O) groups is 1. The molecule has 27 heavy (non-hydrogen) atoms. The standard InChI is InChI=1S/C19H20N6O2/c1-27-16-7-14-12(9-25(24-14)19(26)11-2-3-11)6-15(16)23-18-8-17(20-10-21-18)22-13-4-5-13/h6-11,13H,2-5H2,1H3,(H2,20,21,22,23). The molecule has 0 bridgehead atoms. The van der Waals surface area contributed by atoms with Crippen molar-refractivity contribution >= 4 is 34.1 Å².